The maximum atomic E-state index is 12.0. The third-order valence-corrected chi connectivity index (χ3v) is 5.09. The normalized spacial score (nSPS) is 18.0. The van der Waals surface area contributed by atoms with Gasteiger partial charge in [0, 0.05) is 31.6 Å². The van der Waals surface area contributed by atoms with E-state index in [-0.39, 0.29) is 12.1 Å². The molecule has 1 saturated carbocycles. The lowest BCUT2D eigenvalue weighted by Gasteiger charge is -2.32. The molecule has 5 heteroatoms. The van der Waals surface area contributed by atoms with Crippen LogP contribution in [0.2, 0.25) is 0 Å². The quantitative estimate of drug-likeness (QED) is 0.748. The largest absolute Gasteiger partial charge is 0.342 e. The monoisotopic (exact) mass is 343 g/mol. The molecule has 1 aliphatic heterocycles. The number of hydrogen-bond donors (Lipinski definition) is 2. The Morgan fingerprint density at radius 1 is 1.00 bits per heavy atom. The fraction of sp³-hybridized carbons (Fsp3) is 0.600. The Hall–Kier alpha value is -2.04. The van der Waals surface area contributed by atoms with Gasteiger partial charge in [-0.1, -0.05) is 30.3 Å². The van der Waals surface area contributed by atoms with Gasteiger partial charge >= 0.3 is 6.03 Å². The molecule has 1 aliphatic carbocycles. The maximum Gasteiger partial charge on any atom is 0.315 e. The minimum atomic E-state index is -0.0771. The van der Waals surface area contributed by atoms with Crippen LogP contribution in [-0.4, -0.2) is 42.5 Å². The summed E-state index contributed by atoms with van der Waals surface area (Å²) >= 11 is 0. The molecule has 5 nitrogen and oxygen atoms in total. The average molecular weight is 343 g/mol. The number of piperidine rings is 1. The van der Waals surface area contributed by atoms with Crippen LogP contribution >= 0.6 is 0 Å². The molecule has 0 bridgehead atoms. The predicted octanol–water partition coefficient (Wildman–Crippen LogP) is 2.71. The van der Waals surface area contributed by atoms with Gasteiger partial charge in [-0.05, 0) is 50.5 Å². The van der Waals surface area contributed by atoms with E-state index in [1.807, 2.05) is 11.0 Å². The summed E-state index contributed by atoms with van der Waals surface area (Å²) in [5, 5.41) is 5.99. The number of carbonyl (C=O) groups excluding carboxylic acids is 2. The summed E-state index contributed by atoms with van der Waals surface area (Å²) < 4.78 is 0. The number of aryl methyl sites for hydroxylation is 1. The fourth-order valence-corrected chi connectivity index (χ4v) is 3.37. The smallest absolute Gasteiger partial charge is 0.315 e. The van der Waals surface area contributed by atoms with Gasteiger partial charge in [-0.15, -0.1) is 0 Å². The number of urea groups is 1. The van der Waals surface area contributed by atoms with Crippen molar-refractivity contribution >= 4 is 11.9 Å². The van der Waals surface area contributed by atoms with Crippen LogP contribution in [0.1, 0.15) is 44.1 Å². The Labute approximate surface area is 150 Å². The lowest BCUT2D eigenvalue weighted by atomic mass is 10.0. The van der Waals surface area contributed by atoms with Crippen LogP contribution in [0.25, 0.3) is 0 Å². The molecule has 0 spiro atoms. The molecule has 136 valence electrons. The van der Waals surface area contributed by atoms with Crippen LogP contribution in [0, 0.1) is 5.92 Å². The van der Waals surface area contributed by atoms with Crippen molar-refractivity contribution in [2.24, 2.45) is 5.92 Å². The predicted molar refractivity (Wildman–Crippen MR) is 98.2 cm³/mol. The lowest BCUT2D eigenvalue weighted by Crippen LogP contribution is -2.49. The van der Waals surface area contributed by atoms with Crippen LogP contribution < -0.4 is 10.6 Å². The van der Waals surface area contributed by atoms with E-state index < -0.39 is 0 Å². The van der Waals surface area contributed by atoms with Gasteiger partial charge in [0.15, 0.2) is 0 Å². The van der Waals surface area contributed by atoms with Crippen molar-refractivity contribution < 1.29 is 9.59 Å². The molecule has 1 aromatic rings. The first-order chi connectivity index (χ1) is 12.2. The van der Waals surface area contributed by atoms with Crippen LogP contribution in [0.3, 0.4) is 0 Å². The van der Waals surface area contributed by atoms with Crippen molar-refractivity contribution in [2.45, 2.75) is 51.0 Å². The van der Waals surface area contributed by atoms with Crippen LogP contribution in [0.15, 0.2) is 30.3 Å². The minimum absolute atomic E-state index is 0.0771. The van der Waals surface area contributed by atoms with E-state index >= 15 is 0 Å². The Balaban J connectivity index is 1.24. The summed E-state index contributed by atoms with van der Waals surface area (Å²) in [6.45, 7) is 2.26. The number of carbonyl (C=O) groups is 2. The molecule has 2 N–H and O–H groups in total. The highest BCUT2D eigenvalue weighted by Crippen LogP contribution is 2.31. The van der Waals surface area contributed by atoms with Gasteiger partial charge in [0.2, 0.25) is 5.91 Å². The van der Waals surface area contributed by atoms with E-state index in [0.29, 0.717) is 18.4 Å². The number of rotatable bonds is 7. The van der Waals surface area contributed by atoms with E-state index in [1.165, 1.54) is 5.56 Å². The van der Waals surface area contributed by atoms with E-state index in [0.717, 1.165) is 58.0 Å². The first-order valence-corrected chi connectivity index (χ1v) is 9.59. The molecule has 25 heavy (non-hydrogen) atoms. The number of hydrogen-bond acceptors (Lipinski definition) is 2. The number of amides is 3. The molecule has 0 atom stereocenters. The Morgan fingerprint density at radius 3 is 2.40 bits per heavy atom. The van der Waals surface area contributed by atoms with E-state index in [9.17, 15) is 9.59 Å². The molecule has 1 saturated heterocycles. The number of nitrogens with zero attached hydrogens (tertiary/aromatic N) is 1. The third-order valence-electron chi connectivity index (χ3n) is 5.09. The number of unbranched alkanes of at least 4 members (excludes halogenated alkanes) is 1. The summed E-state index contributed by atoms with van der Waals surface area (Å²) in [5.74, 6) is 0.616. The van der Waals surface area contributed by atoms with Gasteiger partial charge in [0.1, 0.15) is 0 Å². The molecule has 2 aliphatic rings. The molecule has 3 rings (SSSR count). The van der Waals surface area contributed by atoms with Crippen molar-refractivity contribution in [1.82, 2.24) is 15.5 Å². The van der Waals surface area contributed by atoms with Crippen molar-refractivity contribution in [3.05, 3.63) is 35.9 Å². The number of likely N-dealkylation sites (tertiary alicyclic amines) is 1. The first kappa shape index (κ1) is 17.8. The molecular weight excluding hydrogens is 314 g/mol. The highest BCUT2D eigenvalue weighted by atomic mass is 16.2. The zero-order valence-electron chi connectivity index (χ0n) is 14.9. The molecule has 1 heterocycles. The van der Waals surface area contributed by atoms with E-state index in [4.69, 9.17) is 0 Å². The van der Waals surface area contributed by atoms with E-state index in [2.05, 4.69) is 34.9 Å². The molecule has 3 amide bonds. The molecule has 0 unspecified atom stereocenters. The van der Waals surface area contributed by atoms with Crippen molar-refractivity contribution in [1.29, 1.82) is 0 Å². The second kappa shape index (κ2) is 8.88. The Kier molecular flexibility index (Phi) is 6.31. The van der Waals surface area contributed by atoms with Crippen molar-refractivity contribution in [2.75, 3.05) is 19.6 Å². The zero-order chi connectivity index (χ0) is 17.5. The average Bonchev–Trinajstić information content (AvgIpc) is 3.47. The van der Waals surface area contributed by atoms with Gasteiger partial charge < -0.3 is 15.5 Å². The summed E-state index contributed by atoms with van der Waals surface area (Å²) in [7, 11) is 0. The first-order valence-electron chi connectivity index (χ1n) is 9.59. The van der Waals surface area contributed by atoms with Gasteiger partial charge in [-0.2, -0.15) is 0 Å². The van der Waals surface area contributed by atoms with Crippen LogP contribution in [0.5, 0.6) is 0 Å². The third kappa shape index (κ3) is 5.76. The van der Waals surface area contributed by atoms with Gasteiger partial charge in [-0.3, -0.25) is 4.79 Å². The van der Waals surface area contributed by atoms with Crippen LogP contribution in [0.4, 0.5) is 4.79 Å². The Bertz CT molecular complexity index is 564. The summed E-state index contributed by atoms with van der Waals surface area (Å²) in [6.07, 6.45) is 6.95. The van der Waals surface area contributed by atoms with Crippen LogP contribution in [-0.2, 0) is 11.2 Å². The fourth-order valence-electron chi connectivity index (χ4n) is 3.37. The van der Waals surface area contributed by atoms with Gasteiger partial charge in [0.25, 0.3) is 0 Å². The second-order valence-corrected chi connectivity index (χ2v) is 7.22. The second-order valence-electron chi connectivity index (χ2n) is 7.22. The lowest BCUT2D eigenvalue weighted by molar-refractivity contribution is -0.133. The van der Waals surface area contributed by atoms with Gasteiger partial charge in [-0.25, -0.2) is 4.79 Å². The maximum absolute atomic E-state index is 12.0. The standard InChI is InChI=1S/C20H29N3O2/c24-19(17-9-10-17)23-14-11-18(12-15-23)22-20(25)21-13-5-4-8-16-6-2-1-3-7-16/h1-3,6-7,17-18H,4-5,8-15H2,(H2,21,22,25). The van der Waals surface area contributed by atoms with Crippen molar-refractivity contribution in [3.63, 3.8) is 0 Å². The highest BCUT2D eigenvalue weighted by Gasteiger charge is 2.35. The molecule has 1 aromatic carbocycles. The van der Waals surface area contributed by atoms with Gasteiger partial charge in [0.05, 0.1) is 0 Å². The minimum Gasteiger partial charge on any atom is -0.342 e. The topological polar surface area (TPSA) is 61.4 Å². The summed E-state index contributed by atoms with van der Waals surface area (Å²) in [6, 6.07) is 10.5. The summed E-state index contributed by atoms with van der Waals surface area (Å²) in [4.78, 5) is 26.0. The number of benzene rings is 1. The molecule has 0 radical (unpaired) electrons. The molecular formula is C20H29N3O2. The molecule has 2 fully saturated rings. The zero-order valence-corrected chi connectivity index (χ0v) is 14.9. The SMILES string of the molecule is O=C(NCCCCc1ccccc1)NC1CCN(C(=O)C2CC2)CC1. The molecule has 0 aromatic heterocycles. The van der Waals surface area contributed by atoms with Crippen molar-refractivity contribution in [3.8, 4) is 0 Å². The Morgan fingerprint density at radius 2 is 1.72 bits per heavy atom. The summed E-state index contributed by atoms with van der Waals surface area (Å²) in [5.41, 5.74) is 1.35. The number of nitrogens with one attached hydrogen (secondary N) is 2. The van der Waals surface area contributed by atoms with E-state index in [1.54, 1.807) is 0 Å². The highest BCUT2D eigenvalue weighted by molar-refractivity contribution is 5.81.